The smallest absolute Gasteiger partial charge is 0.0534 e. The van der Waals surface area contributed by atoms with Crippen molar-refractivity contribution in [2.45, 2.75) is 32.7 Å². The van der Waals surface area contributed by atoms with Gasteiger partial charge in [-0.1, -0.05) is 44.2 Å². The summed E-state index contributed by atoms with van der Waals surface area (Å²) in [6.45, 7) is 11.6. The van der Waals surface area contributed by atoms with Crippen LogP contribution >= 0.6 is 0 Å². The Morgan fingerprint density at radius 2 is 2.00 bits per heavy atom. The highest BCUT2D eigenvalue weighted by molar-refractivity contribution is 5.24. The fourth-order valence-corrected chi connectivity index (χ4v) is 2.92. The zero-order chi connectivity index (χ0) is 13.0. The first-order chi connectivity index (χ1) is 8.60. The van der Waals surface area contributed by atoms with Crippen molar-refractivity contribution in [2.75, 3.05) is 26.2 Å². The Labute approximate surface area is 111 Å². The molecule has 100 valence electrons. The molecule has 1 aromatic rings. The molecular weight excluding hydrogens is 220 g/mol. The highest BCUT2D eigenvalue weighted by Gasteiger charge is 2.30. The van der Waals surface area contributed by atoms with Gasteiger partial charge in [-0.2, -0.15) is 0 Å². The van der Waals surface area contributed by atoms with Crippen LogP contribution in [0.3, 0.4) is 0 Å². The molecule has 2 nitrogen and oxygen atoms in total. The lowest BCUT2D eigenvalue weighted by molar-refractivity contribution is 0.201. The summed E-state index contributed by atoms with van der Waals surface area (Å²) < 4.78 is 0. The molecule has 18 heavy (non-hydrogen) atoms. The summed E-state index contributed by atoms with van der Waals surface area (Å²) in [6.07, 6.45) is 1.25. The number of rotatable bonds is 3. The van der Waals surface area contributed by atoms with Crippen molar-refractivity contribution >= 4 is 0 Å². The van der Waals surface area contributed by atoms with Gasteiger partial charge in [-0.05, 0) is 37.9 Å². The predicted octanol–water partition coefficient (Wildman–Crippen LogP) is 2.85. The van der Waals surface area contributed by atoms with E-state index in [1.807, 2.05) is 0 Å². The third kappa shape index (κ3) is 3.33. The van der Waals surface area contributed by atoms with Crippen LogP contribution in [0.1, 0.15) is 32.8 Å². The van der Waals surface area contributed by atoms with Gasteiger partial charge in [-0.15, -0.1) is 0 Å². The Kier molecular flexibility index (Phi) is 4.41. The lowest BCUT2D eigenvalue weighted by Crippen LogP contribution is -2.47. The van der Waals surface area contributed by atoms with Gasteiger partial charge in [-0.25, -0.2) is 0 Å². The zero-order valence-electron chi connectivity index (χ0n) is 11.9. The van der Waals surface area contributed by atoms with E-state index in [-0.39, 0.29) is 5.54 Å². The van der Waals surface area contributed by atoms with Gasteiger partial charge in [0.2, 0.25) is 0 Å². The van der Waals surface area contributed by atoms with Gasteiger partial charge in [-0.3, -0.25) is 0 Å². The summed E-state index contributed by atoms with van der Waals surface area (Å²) in [5.41, 5.74) is 1.49. The summed E-state index contributed by atoms with van der Waals surface area (Å²) >= 11 is 0. The second-order valence-corrected chi connectivity index (χ2v) is 6.11. The summed E-state index contributed by atoms with van der Waals surface area (Å²) in [5, 5.41) is 3.74. The Bertz CT molecular complexity index is 361. The van der Waals surface area contributed by atoms with Crippen LogP contribution in [0.5, 0.6) is 0 Å². The molecule has 0 bridgehead atoms. The van der Waals surface area contributed by atoms with Crippen molar-refractivity contribution in [3.63, 3.8) is 0 Å². The fourth-order valence-electron chi connectivity index (χ4n) is 2.92. The number of benzene rings is 1. The average molecular weight is 246 g/mol. The molecule has 1 aromatic carbocycles. The molecule has 1 heterocycles. The molecular formula is C16H26N2. The topological polar surface area (TPSA) is 15.3 Å². The van der Waals surface area contributed by atoms with Crippen LogP contribution in [0.15, 0.2) is 30.3 Å². The maximum atomic E-state index is 3.74. The van der Waals surface area contributed by atoms with E-state index in [4.69, 9.17) is 0 Å². The minimum absolute atomic E-state index is 0.0899. The van der Waals surface area contributed by atoms with Gasteiger partial charge < -0.3 is 10.2 Å². The quantitative estimate of drug-likeness (QED) is 0.882. The Hall–Kier alpha value is -0.860. The van der Waals surface area contributed by atoms with Crippen molar-refractivity contribution in [3.05, 3.63) is 35.9 Å². The lowest BCUT2D eigenvalue weighted by Gasteiger charge is -2.34. The van der Waals surface area contributed by atoms with E-state index in [2.05, 4.69) is 61.3 Å². The molecule has 0 aromatic heterocycles. The molecule has 0 aliphatic carbocycles. The molecule has 0 radical (unpaired) electrons. The second-order valence-electron chi connectivity index (χ2n) is 6.11. The third-order valence-electron chi connectivity index (χ3n) is 3.74. The lowest BCUT2D eigenvalue weighted by atomic mass is 9.91. The van der Waals surface area contributed by atoms with E-state index >= 15 is 0 Å². The monoisotopic (exact) mass is 246 g/mol. The van der Waals surface area contributed by atoms with Crippen LogP contribution in [0, 0.1) is 5.92 Å². The van der Waals surface area contributed by atoms with Gasteiger partial charge >= 0.3 is 0 Å². The molecule has 1 aliphatic heterocycles. The van der Waals surface area contributed by atoms with Gasteiger partial charge in [0.25, 0.3) is 0 Å². The fraction of sp³-hybridized carbons (Fsp3) is 0.625. The normalized spacial score (nSPS) is 26.2. The largest absolute Gasteiger partial charge is 0.307 e. The Balaban J connectivity index is 2.15. The molecule has 0 saturated carbocycles. The van der Waals surface area contributed by atoms with Gasteiger partial charge in [0.05, 0.1) is 5.54 Å². The van der Waals surface area contributed by atoms with E-state index in [0.717, 1.165) is 19.0 Å². The van der Waals surface area contributed by atoms with E-state index in [1.165, 1.54) is 25.1 Å². The molecule has 2 rings (SSSR count). The molecule has 1 unspecified atom stereocenters. The standard InChI is InChI=1S/C16H26N2/c1-14(2)12-18-11-7-10-17-16(3,13-18)15-8-5-4-6-9-15/h4-6,8-9,14,17H,7,10-13H2,1-3H3. The first-order valence-corrected chi connectivity index (χ1v) is 7.13. The van der Waals surface area contributed by atoms with Crippen LogP contribution in [0.4, 0.5) is 0 Å². The predicted molar refractivity (Wildman–Crippen MR) is 77.7 cm³/mol. The van der Waals surface area contributed by atoms with Crippen LogP contribution in [0.2, 0.25) is 0 Å². The minimum Gasteiger partial charge on any atom is -0.307 e. The van der Waals surface area contributed by atoms with Gasteiger partial charge in [0, 0.05) is 13.1 Å². The molecule has 1 saturated heterocycles. The molecule has 0 amide bonds. The maximum absolute atomic E-state index is 3.74. The molecule has 1 fully saturated rings. The Morgan fingerprint density at radius 3 is 2.67 bits per heavy atom. The zero-order valence-corrected chi connectivity index (χ0v) is 11.9. The molecule has 1 aliphatic rings. The van der Waals surface area contributed by atoms with Crippen molar-refractivity contribution < 1.29 is 0 Å². The third-order valence-corrected chi connectivity index (χ3v) is 3.74. The number of nitrogens with one attached hydrogen (secondary N) is 1. The number of nitrogens with zero attached hydrogens (tertiary/aromatic N) is 1. The van der Waals surface area contributed by atoms with E-state index in [9.17, 15) is 0 Å². The molecule has 1 atom stereocenters. The first-order valence-electron chi connectivity index (χ1n) is 7.13. The number of hydrogen-bond donors (Lipinski definition) is 1. The summed E-state index contributed by atoms with van der Waals surface area (Å²) in [4.78, 5) is 2.61. The molecule has 0 spiro atoms. The minimum atomic E-state index is 0.0899. The van der Waals surface area contributed by atoms with Gasteiger partial charge in [0.1, 0.15) is 0 Å². The Morgan fingerprint density at radius 1 is 1.28 bits per heavy atom. The van der Waals surface area contributed by atoms with Crippen molar-refractivity contribution in [3.8, 4) is 0 Å². The summed E-state index contributed by atoms with van der Waals surface area (Å²) in [6, 6.07) is 10.9. The maximum Gasteiger partial charge on any atom is 0.0534 e. The van der Waals surface area contributed by atoms with E-state index in [0.29, 0.717) is 0 Å². The highest BCUT2D eigenvalue weighted by atomic mass is 15.2. The van der Waals surface area contributed by atoms with Gasteiger partial charge in [0.15, 0.2) is 0 Å². The van der Waals surface area contributed by atoms with Crippen molar-refractivity contribution in [1.29, 1.82) is 0 Å². The van der Waals surface area contributed by atoms with Crippen LogP contribution in [-0.4, -0.2) is 31.1 Å². The average Bonchev–Trinajstić information content (AvgIpc) is 2.52. The molecule has 2 heteroatoms. The SMILES string of the molecule is CC(C)CN1CCCNC(C)(c2ccccc2)C1. The van der Waals surface area contributed by atoms with E-state index in [1.54, 1.807) is 0 Å². The molecule has 1 N–H and O–H groups in total. The number of hydrogen-bond acceptors (Lipinski definition) is 2. The van der Waals surface area contributed by atoms with Crippen LogP contribution in [0.25, 0.3) is 0 Å². The summed E-state index contributed by atoms with van der Waals surface area (Å²) in [7, 11) is 0. The second kappa shape index (κ2) is 5.85. The summed E-state index contributed by atoms with van der Waals surface area (Å²) in [5.74, 6) is 0.739. The van der Waals surface area contributed by atoms with Crippen LogP contribution < -0.4 is 5.32 Å². The van der Waals surface area contributed by atoms with Crippen LogP contribution in [-0.2, 0) is 5.54 Å². The van der Waals surface area contributed by atoms with E-state index < -0.39 is 0 Å². The van der Waals surface area contributed by atoms with Crippen molar-refractivity contribution in [1.82, 2.24) is 10.2 Å². The van der Waals surface area contributed by atoms with Crippen molar-refractivity contribution in [2.24, 2.45) is 5.92 Å². The first kappa shape index (κ1) is 13.6. The highest BCUT2D eigenvalue weighted by Crippen LogP contribution is 2.24.